The first-order valence-corrected chi connectivity index (χ1v) is 6.65. The third-order valence-electron chi connectivity index (χ3n) is 3.97. The highest BCUT2D eigenvalue weighted by Crippen LogP contribution is 2.23. The van der Waals surface area contributed by atoms with E-state index in [-0.39, 0.29) is 5.54 Å². The SMILES string of the molecule is CCn1cc(CN2CCNCC2(C)CC)cn1. The first-order valence-electron chi connectivity index (χ1n) is 6.65. The summed E-state index contributed by atoms with van der Waals surface area (Å²) in [6.45, 7) is 12.0. The Bertz CT molecular complexity index is 360. The third kappa shape index (κ3) is 2.69. The zero-order valence-electron chi connectivity index (χ0n) is 11.2. The number of hydrogen-bond acceptors (Lipinski definition) is 3. The van der Waals surface area contributed by atoms with E-state index in [4.69, 9.17) is 0 Å². The third-order valence-corrected chi connectivity index (χ3v) is 3.97. The second kappa shape index (κ2) is 5.19. The average Bonchev–Trinajstić information content (AvgIpc) is 2.80. The molecule has 4 nitrogen and oxygen atoms in total. The van der Waals surface area contributed by atoms with Gasteiger partial charge in [0.05, 0.1) is 6.20 Å². The van der Waals surface area contributed by atoms with E-state index in [1.165, 1.54) is 12.0 Å². The first kappa shape index (κ1) is 12.6. The van der Waals surface area contributed by atoms with Gasteiger partial charge < -0.3 is 5.32 Å². The van der Waals surface area contributed by atoms with Crippen molar-refractivity contribution in [1.29, 1.82) is 0 Å². The Morgan fingerprint density at radius 2 is 2.29 bits per heavy atom. The summed E-state index contributed by atoms with van der Waals surface area (Å²) in [5.41, 5.74) is 1.61. The Kier molecular flexibility index (Phi) is 3.84. The minimum atomic E-state index is 0.284. The lowest BCUT2D eigenvalue weighted by atomic mass is 9.93. The molecule has 0 radical (unpaired) electrons. The molecular formula is C13H24N4. The lowest BCUT2D eigenvalue weighted by Gasteiger charge is -2.44. The number of rotatable bonds is 4. The summed E-state index contributed by atoms with van der Waals surface area (Å²) in [5, 5.41) is 7.84. The van der Waals surface area contributed by atoms with Crippen LogP contribution in [0.2, 0.25) is 0 Å². The van der Waals surface area contributed by atoms with Gasteiger partial charge in [-0.2, -0.15) is 5.10 Å². The van der Waals surface area contributed by atoms with Crippen LogP contribution in [-0.2, 0) is 13.1 Å². The van der Waals surface area contributed by atoms with E-state index in [0.717, 1.165) is 32.7 Å². The van der Waals surface area contributed by atoms with Crippen LogP contribution in [0.5, 0.6) is 0 Å². The predicted octanol–water partition coefficient (Wildman–Crippen LogP) is 1.48. The van der Waals surface area contributed by atoms with Crippen LogP contribution < -0.4 is 5.32 Å². The molecule has 0 bridgehead atoms. The Balaban J connectivity index is 2.05. The summed E-state index contributed by atoms with van der Waals surface area (Å²) in [4.78, 5) is 2.58. The van der Waals surface area contributed by atoms with Crippen LogP contribution >= 0.6 is 0 Å². The molecular weight excluding hydrogens is 212 g/mol. The quantitative estimate of drug-likeness (QED) is 0.859. The Morgan fingerprint density at radius 3 is 2.94 bits per heavy atom. The molecule has 0 spiro atoms. The van der Waals surface area contributed by atoms with Gasteiger partial charge in [0.25, 0.3) is 0 Å². The molecule has 1 aliphatic heterocycles. The van der Waals surface area contributed by atoms with Crippen molar-refractivity contribution < 1.29 is 0 Å². The van der Waals surface area contributed by atoms with Gasteiger partial charge in [-0.15, -0.1) is 0 Å². The second-order valence-electron chi connectivity index (χ2n) is 5.15. The number of aromatic nitrogens is 2. The standard InChI is InChI=1S/C13H24N4/c1-4-13(3)11-14-6-7-16(13)9-12-8-15-17(5-2)10-12/h8,10,14H,4-7,9,11H2,1-3H3. The highest BCUT2D eigenvalue weighted by Gasteiger charge is 2.32. The smallest absolute Gasteiger partial charge is 0.0534 e. The topological polar surface area (TPSA) is 33.1 Å². The van der Waals surface area contributed by atoms with Gasteiger partial charge in [-0.25, -0.2) is 0 Å². The fourth-order valence-corrected chi connectivity index (χ4v) is 2.45. The Morgan fingerprint density at radius 1 is 1.47 bits per heavy atom. The molecule has 4 heteroatoms. The maximum Gasteiger partial charge on any atom is 0.0534 e. The zero-order valence-corrected chi connectivity index (χ0v) is 11.2. The fourth-order valence-electron chi connectivity index (χ4n) is 2.45. The van der Waals surface area contributed by atoms with Crippen LogP contribution in [-0.4, -0.2) is 39.9 Å². The summed E-state index contributed by atoms with van der Waals surface area (Å²) in [6.07, 6.45) is 5.35. The molecule has 17 heavy (non-hydrogen) atoms. The van der Waals surface area contributed by atoms with E-state index >= 15 is 0 Å². The number of aryl methyl sites for hydroxylation is 1. The molecule has 0 saturated carbocycles. The van der Waals surface area contributed by atoms with E-state index in [0.29, 0.717) is 0 Å². The van der Waals surface area contributed by atoms with Crippen LogP contribution in [0.3, 0.4) is 0 Å². The van der Waals surface area contributed by atoms with Gasteiger partial charge in [-0.1, -0.05) is 6.92 Å². The molecule has 0 aliphatic carbocycles. The molecule has 1 aromatic heterocycles. The molecule has 2 heterocycles. The number of nitrogens with one attached hydrogen (secondary N) is 1. The largest absolute Gasteiger partial charge is 0.314 e. The Labute approximate surface area is 104 Å². The van der Waals surface area contributed by atoms with Crippen molar-refractivity contribution in [3.63, 3.8) is 0 Å². The summed E-state index contributed by atoms with van der Waals surface area (Å²) in [7, 11) is 0. The lowest BCUT2D eigenvalue weighted by Crippen LogP contribution is -2.58. The molecule has 0 amide bonds. The van der Waals surface area contributed by atoms with Gasteiger partial charge in [0.2, 0.25) is 0 Å². The molecule has 96 valence electrons. The molecule has 1 atom stereocenters. The molecule has 1 unspecified atom stereocenters. The van der Waals surface area contributed by atoms with Gasteiger partial charge in [0.15, 0.2) is 0 Å². The number of hydrogen-bond donors (Lipinski definition) is 1. The molecule has 1 aliphatic rings. The van der Waals surface area contributed by atoms with Crippen molar-refractivity contribution in [3.05, 3.63) is 18.0 Å². The monoisotopic (exact) mass is 236 g/mol. The first-order chi connectivity index (χ1) is 8.18. The van der Waals surface area contributed by atoms with Gasteiger partial charge >= 0.3 is 0 Å². The number of piperazine rings is 1. The number of nitrogens with zero attached hydrogens (tertiary/aromatic N) is 3. The minimum absolute atomic E-state index is 0.284. The van der Waals surface area contributed by atoms with Gasteiger partial charge in [-0.3, -0.25) is 9.58 Å². The highest BCUT2D eigenvalue weighted by atomic mass is 15.3. The second-order valence-corrected chi connectivity index (χ2v) is 5.15. The summed E-state index contributed by atoms with van der Waals surface area (Å²) in [6, 6.07) is 0. The van der Waals surface area contributed by atoms with Crippen molar-refractivity contribution in [2.24, 2.45) is 0 Å². The predicted molar refractivity (Wildman–Crippen MR) is 69.9 cm³/mol. The molecule has 1 aromatic rings. The molecule has 1 saturated heterocycles. The molecule has 2 rings (SSSR count). The maximum absolute atomic E-state index is 4.35. The van der Waals surface area contributed by atoms with E-state index < -0.39 is 0 Å². The van der Waals surface area contributed by atoms with E-state index in [9.17, 15) is 0 Å². The van der Waals surface area contributed by atoms with Crippen LogP contribution in [0.1, 0.15) is 32.8 Å². The fraction of sp³-hybridized carbons (Fsp3) is 0.769. The van der Waals surface area contributed by atoms with E-state index in [2.05, 4.69) is 42.3 Å². The van der Waals surface area contributed by atoms with Crippen molar-refractivity contribution >= 4 is 0 Å². The zero-order chi connectivity index (χ0) is 12.3. The van der Waals surface area contributed by atoms with Crippen molar-refractivity contribution in [3.8, 4) is 0 Å². The maximum atomic E-state index is 4.35. The normalized spacial score (nSPS) is 26.3. The van der Waals surface area contributed by atoms with Gasteiger partial charge in [-0.05, 0) is 20.3 Å². The van der Waals surface area contributed by atoms with Crippen molar-refractivity contribution in [2.75, 3.05) is 19.6 Å². The van der Waals surface area contributed by atoms with Crippen LogP contribution in [0, 0.1) is 0 Å². The minimum Gasteiger partial charge on any atom is -0.314 e. The summed E-state index contributed by atoms with van der Waals surface area (Å²) < 4.78 is 2.00. The summed E-state index contributed by atoms with van der Waals surface area (Å²) in [5.74, 6) is 0. The highest BCUT2D eigenvalue weighted by molar-refractivity contribution is 5.06. The Hall–Kier alpha value is -0.870. The van der Waals surface area contributed by atoms with Crippen LogP contribution in [0.4, 0.5) is 0 Å². The van der Waals surface area contributed by atoms with Crippen molar-refractivity contribution in [2.45, 2.75) is 45.8 Å². The molecule has 1 N–H and O–H groups in total. The van der Waals surface area contributed by atoms with Crippen LogP contribution in [0.25, 0.3) is 0 Å². The van der Waals surface area contributed by atoms with Crippen molar-refractivity contribution in [1.82, 2.24) is 20.0 Å². The van der Waals surface area contributed by atoms with Crippen LogP contribution in [0.15, 0.2) is 12.4 Å². The summed E-state index contributed by atoms with van der Waals surface area (Å²) >= 11 is 0. The van der Waals surface area contributed by atoms with E-state index in [1.54, 1.807) is 0 Å². The lowest BCUT2D eigenvalue weighted by molar-refractivity contribution is 0.0637. The average molecular weight is 236 g/mol. The molecule has 0 aromatic carbocycles. The van der Waals surface area contributed by atoms with Gasteiger partial charge in [0, 0.05) is 50.0 Å². The van der Waals surface area contributed by atoms with Gasteiger partial charge in [0.1, 0.15) is 0 Å². The van der Waals surface area contributed by atoms with E-state index in [1.807, 2.05) is 10.9 Å². The molecule has 1 fully saturated rings.